The fourth-order valence-electron chi connectivity index (χ4n) is 8.19. The van der Waals surface area contributed by atoms with Crippen LogP contribution in [0.5, 0.6) is 0 Å². The Hall–Kier alpha value is -0.380. The first-order valence-electron chi connectivity index (χ1n) is 12.4. The van der Waals surface area contributed by atoms with Crippen molar-refractivity contribution in [2.75, 3.05) is 0 Å². The number of allylic oxidation sites excluding steroid dienone is 1. The van der Waals surface area contributed by atoms with Crippen molar-refractivity contribution in [1.82, 2.24) is 0 Å². The molecular formula is C26H44O3. The van der Waals surface area contributed by atoms with E-state index in [2.05, 4.69) is 33.8 Å². The Balaban J connectivity index is 1.51. The van der Waals surface area contributed by atoms with Gasteiger partial charge in [-0.3, -0.25) is 0 Å². The Morgan fingerprint density at radius 3 is 2.48 bits per heavy atom. The molecule has 3 N–H and O–H groups in total. The van der Waals surface area contributed by atoms with Gasteiger partial charge in [-0.25, -0.2) is 0 Å². The van der Waals surface area contributed by atoms with Crippen LogP contribution in [0.4, 0.5) is 0 Å². The second-order valence-corrected chi connectivity index (χ2v) is 11.9. The molecule has 0 saturated heterocycles. The molecule has 4 aliphatic carbocycles. The Morgan fingerprint density at radius 2 is 1.76 bits per heavy atom. The summed E-state index contributed by atoms with van der Waals surface area (Å²) in [7, 11) is 0. The van der Waals surface area contributed by atoms with Gasteiger partial charge in [0.1, 0.15) is 0 Å². The zero-order valence-electron chi connectivity index (χ0n) is 19.1. The molecule has 0 heterocycles. The van der Waals surface area contributed by atoms with Crippen LogP contribution >= 0.6 is 0 Å². The summed E-state index contributed by atoms with van der Waals surface area (Å²) in [6, 6.07) is 0. The van der Waals surface area contributed by atoms with E-state index in [9.17, 15) is 15.3 Å². The van der Waals surface area contributed by atoms with Gasteiger partial charge in [-0.1, -0.05) is 39.3 Å². The summed E-state index contributed by atoms with van der Waals surface area (Å²) in [6.45, 7) is 9.27. The summed E-state index contributed by atoms with van der Waals surface area (Å²) >= 11 is 0. The highest BCUT2D eigenvalue weighted by atomic mass is 16.3. The van der Waals surface area contributed by atoms with Crippen LogP contribution < -0.4 is 0 Å². The van der Waals surface area contributed by atoms with Crippen LogP contribution in [0.2, 0.25) is 0 Å². The lowest BCUT2D eigenvalue weighted by Crippen LogP contribution is -2.52. The number of aliphatic hydroxyl groups is 3. The summed E-state index contributed by atoms with van der Waals surface area (Å²) < 4.78 is 0. The minimum atomic E-state index is -0.578. The average Bonchev–Trinajstić information content (AvgIpc) is 3.03. The molecule has 4 rings (SSSR count). The van der Waals surface area contributed by atoms with Crippen LogP contribution in [0, 0.1) is 40.4 Å². The molecule has 3 nitrogen and oxygen atoms in total. The van der Waals surface area contributed by atoms with Gasteiger partial charge in [-0.15, -0.1) is 0 Å². The molecule has 3 saturated carbocycles. The quantitative estimate of drug-likeness (QED) is 0.560. The number of hydrogen-bond acceptors (Lipinski definition) is 3. The van der Waals surface area contributed by atoms with Gasteiger partial charge < -0.3 is 15.3 Å². The monoisotopic (exact) mass is 404 g/mol. The van der Waals surface area contributed by atoms with Crippen molar-refractivity contribution in [3.63, 3.8) is 0 Å². The molecular weight excluding hydrogens is 360 g/mol. The number of fused-ring (bicyclic) bond motifs is 5. The molecule has 3 heteroatoms. The smallest absolute Gasteiger partial charge is 0.0832 e. The third-order valence-corrected chi connectivity index (χ3v) is 10.00. The lowest BCUT2D eigenvalue weighted by Gasteiger charge is -2.58. The SMILES string of the molecule is CC(C)CC[C@@H](O)[C@@H](O)[C@H]1CC[C@H]2[C@@H]3CC=C4C[C@@H](O)CC[C@]4(C)[C@H]3CC[C@]12C. The van der Waals surface area contributed by atoms with Gasteiger partial charge in [-0.2, -0.15) is 0 Å². The predicted octanol–water partition coefficient (Wildman–Crippen LogP) is 5.08. The van der Waals surface area contributed by atoms with E-state index in [1.165, 1.54) is 24.8 Å². The minimum Gasteiger partial charge on any atom is -0.393 e. The molecule has 0 aromatic heterocycles. The van der Waals surface area contributed by atoms with Gasteiger partial charge in [0, 0.05) is 0 Å². The first-order valence-corrected chi connectivity index (χ1v) is 12.4. The van der Waals surface area contributed by atoms with Crippen LogP contribution in [0.3, 0.4) is 0 Å². The lowest BCUT2D eigenvalue weighted by molar-refractivity contribution is -0.0971. The Morgan fingerprint density at radius 1 is 1.00 bits per heavy atom. The Labute approximate surface area is 178 Å². The van der Waals surface area contributed by atoms with Gasteiger partial charge in [0.15, 0.2) is 0 Å². The van der Waals surface area contributed by atoms with Crippen LogP contribution in [-0.4, -0.2) is 33.6 Å². The maximum Gasteiger partial charge on any atom is 0.0832 e. The molecule has 29 heavy (non-hydrogen) atoms. The third-order valence-electron chi connectivity index (χ3n) is 10.00. The summed E-state index contributed by atoms with van der Waals surface area (Å²) in [5.74, 6) is 2.91. The van der Waals surface area contributed by atoms with Crippen LogP contribution in [0.15, 0.2) is 11.6 Å². The molecule has 0 bridgehead atoms. The number of aliphatic hydroxyl groups excluding tert-OH is 3. The van der Waals surface area contributed by atoms with E-state index in [-0.39, 0.29) is 22.9 Å². The zero-order chi connectivity index (χ0) is 21.0. The van der Waals surface area contributed by atoms with Crippen molar-refractivity contribution < 1.29 is 15.3 Å². The van der Waals surface area contributed by atoms with Crippen molar-refractivity contribution >= 4 is 0 Å². The van der Waals surface area contributed by atoms with E-state index < -0.39 is 12.2 Å². The molecule has 0 amide bonds. The lowest BCUT2D eigenvalue weighted by atomic mass is 9.47. The molecule has 0 spiro atoms. The van der Waals surface area contributed by atoms with Crippen molar-refractivity contribution in [3.05, 3.63) is 11.6 Å². The molecule has 0 aliphatic heterocycles. The molecule has 0 unspecified atom stereocenters. The van der Waals surface area contributed by atoms with Crippen molar-refractivity contribution in [2.24, 2.45) is 40.4 Å². The normalized spacial score (nSPS) is 46.5. The molecule has 0 aromatic carbocycles. The maximum absolute atomic E-state index is 11.1. The van der Waals surface area contributed by atoms with E-state index in [0.29, 0.717) is 24.2 Å². The zero-order valence-corrected chi connectivity index (χ0v) is 19.1. The number of hydrogen-bond donors (Lipinski definition) is 3. The van der Waals surface area contributed by atoms with Crippen LogP contribution in [-0.2, 0) is 0 Å². The van der Waals surface area contributed by atoms with Gasteiger partial charge in [-0.05, 0) is 105 Å². The highest BCUT2D eigenvalue weighted by Gasteiger charge is 2.59. The van der Waals surface area contributed by atoms with Crippen molar-refractivity contribution in [1.29, 1.82) is 0 Å². The summed E-state index contributed by atoms with van der Waals surface area (Å²) in [5.41, 5.74) is 1.96. The predicted molar refractivity (Wildman–Crippen MR) is 117 cm³/mol. The van der Waals surface area contributed by atoms with Gasteiger partial charge in [0.05, 0.1) is 18.3 Å². The minimum absolute atomic E-state index is 0.141. The highest BCUT2D eigenvalue weighted by molar-refractivity contribution is 5.25. The second kappa shape index (κ2) is 7.95. The summed E-state index contributed by atoms with van der Waals surface area (Å²) in [4.78, 5) is 0. The molecule has 3 fully saturated rings. The Kier molecular flexibility index (Phi) is 5.99. The van der Waals surface area contributed by atoms with Gasteiger partial charge in [0.25, 0.3) is 0 Å². The van der Waals surface area contributed by atoms with E-state index in [1.807, 2.05) is 0 Å². The van der Waals surface area contributed by atoms with Gasteiger partial charge in [0.2, 0.25) is 0 Å². The average molecular weight is 405 g/mol. The van der Waals surface area contributed by atoms with Crippen LogP contribution in [0.1, 0.15) is 91.9 Å². The van der Waals surface area contributed by atoms with E-state index in [4.69, 9.17) is 0 Å². The van der Waals surface area contributed by atoms with Crippen molar-refractivity contribution in [3.8, 4) is 0 Å². The summed E-state index contributed by atoms with van der Waals surface area (Å²) in [5, 5.41) is 32.0. The Bertz CT molecular complexity index is 627. The largest absolute Gasteiger partial charge is 0.393 e. The van der Waals surface area contributed by atoms with E-state index in [0.717, 1.165) is 44.4 Å². The van der Waals surface area contributed by atoms with Crippen LogP contribution in [0.25, 0.3) is 0 Å². The molecule has 4 aliphatic rings. The fraction of sp³-hybridized carbons (Fsp3) is 0.923. The maximum atomic E-state index is 11.1. The van der Waals surface area contributed by atoms with Gasteiger partial charge >= 0.3 is 0 Å². The molecule has 0 aromatic rings. The van der Waals surface area contributed by atoms with E-state index >= 15 is 0 Å². The first kappa shape index (κ1) is 21.8. The van der Waals surface area contributed by atoms with Crippen molar-refractivity contribution in [2.45, 2.75) is 110 Å². The van der Waals surface area contributed by atoms with E-state index in [1.54, 1.807) is 0 Å². The first-order chi connectivity index (χ1) is 13.7. The fourth-order valence-corrected chi connectivity index (χ4v) is 8.19. The molecule has 0 radical (unpaired) electrons. The number of rotatable bonds is 5. The highest BCUT2D eigenvalue weighted by Crippen LogP contribution is 2.66. The summed E-state index contributed by atoms with van der Waals surface area (Å²) in [6.07, 6.45) is 11.7. The topological polar surface area (TPSA) is 60.7 Å². The molecule has 166 valence electrons. The molecule has 9 atom stereocenters. The second-order valence-electron chi connectivity index (χ2n) is 11.9. The standard InChI is InChI=1S/C26H44O3/c1-16(2)5-10-23(28)24(29)22-9-8-20-19-7-6-17-15-18(27)11-13-25(17,3)21(19)12-14-26(20,22)4/h6,16,18-24,27-29H,5,7-15H2,1-4H3/t18-,19-,20-,21-,22+,23+,24-,25-,26-/m0/s1. The third kappa shape index (κ3) is 3.64.